The molecule has 0 saturated carbocycles. The van der Waals surface area contributed by atoms with Gasteiger partial charge in [-0.3, -0.25) is 14.7 Å². The summed E-state index contributed by atoms with van der Waals surface area (Å²) in [6, 6.07) is 20.3. The van der Waals surface area contributed by atoms with Gasteiger partial charge >= 0.3 is 0 Å². The maximum Gasteiger partial charge on any atom is 0.257 e. The Balaban J connectivity index is 1.28. The number of piperazine rings is 1. The fourth-order valence-electron chi connectivity index (χ4n) is 4.39. The topological polar surface area (TPSA) is 52.9 Å². The molecule has 1 aliphatic rings. The first-order valence-corrected chi connectivity index (χ1v) is 11.6. The van der Waals surface area contributed by atoms with E-state index in [4.69, 9.17) is 0 Å². The molecule has 1 aromatic carbocycles. The molecule has 1 fully saturated rings. The summed E-state index contributed by atoms with van der Waals surface area (Å²) in [7, 11) is 0. The van der Waals surface area contributed by atoms with Gasteiger partial charge in [0.25, 0.3) is 5.91 Å². The van der Waals surface area contributed by atoms with Gasteiger partial charge < -0.3 is 14.6 Å². The molecule has 168 valence electrons. The number of pyridine rings is 2. The van der Waals surface area contributed by atoms with E-state index in [1.807, 2.05) is 48.9 Å². The highest BCUT2D eigenvalue weighted by atomic mass is 16.1. The van der Waals surface area contributed by atoms with Crippen LogP contribution in [0, 0.1) is 0 Å². The van der Waals surface area contributed by atoms with Crippen LogP contribution in [-0.2, 0) is 13.0 Å². The summed E-state index contributed by atoms with van der Waals surface area (Å²) in [4.78, 5) is 22.0. The van der Waals surface area contributed by atoms with Gasteiger partial charge in [-0.05, 0) is 60.0 Å². The fourth-order valence-corrected chi connectivity index (χ4v) is 4.39. The van der Waals surface area contributed by atoms with Crippen molar-refractivity contribution in [2.75, 3.05) is 36.4 Å². The van der Waals surface area contributed by atoms with Gasteiger partial charge in [-0.1, -0.05) is 25.1 Å². The predicted molar refractivity (Wildman–Crippen MR) is 133 cm³/mol. The molecule has 4 heterocycles. The van der Waals surface area contributed by atoms with Crippen molar-refractivity contribution in [2.45, 2.75) is 19.9 Å². The van der Waals surface area contributed by atoms with E-state index in [9.17, 15) is 4.79 Å². The van der Waals surface area contributed by atoms with E-state index >= 15 is 0 Å². The summed E-state index contributed by atoms with van der Waals surface area (Å²) in [5.74, 6) is 1.04. The average Bonchev–Trinajstić information content (AvgIpc) is 3.29. The number of hydrogen-bond acceptors (Lipinski definition) is 4. The summed E-state index contributed by atoms with van der Waals surface area (Å²) >= 11 is 0. The van der Waals surface area contributed by atoms with E-state index < -0.39 is 0 Å². The molecule has 0 aliphatic carbocycles. The lowest BCUT2D eigenvalue weighted by atomic mass is 10.1. The number of nitrogens with one attached hydrogen (secondary N) is 1. The van der Waals surface area contributed by atoms with Crippen molar-refractivity contribution < 1.29 is 4.79 Å². The number of nitrogens with zero attached hydrogens (tertiary/aromatic N) is 4. The molecule has 33 heavy (non-hydrogen) atoms. The molecule has 1 aliphatic heterocycles. The number of hydrogen-bond donors (Lipinski definition) is 1. The van der Waals surface area contributed by atoms with E-state index in [-0.39, 0.29) is 5.91 Å². The zero-order chi connectivity index (χ0) is 22.6. The van der Waals surface area contributed by atoms with Crippen LogP contribution in [0.15, 0.2) is 79.3 Å². The maximum atomic E-state index is 12.9. The normalized spacial score (nSPS) is 14.5. The van der Waals surface area contributed by atoms with Crippen molar-refractivity contribution >= 4 is 22.9 Å². The molecular formula is C27H29N5O. The lowest BCUT2D eigenvalue weighted by Crippen LogP contribution is -2.46. The van der Waals surface area contributed by atoms with Gasteiger partial charge in [0.1, 0.15) is 5.82 Å². The van der Waals surface area contributed by atoms with Crippen molar-refractivity contribution in [3.63, 3.8) is 0 Å². The Kier molecular flexibility index (Phi) is 6.09. The monoisotopic (exact) mass is 439 g/mol. The zero-order valence-corrected chi connectivity index (χ0v) is 18.9. The van der Waals surface area contributed by atoms with Gasteiger partial charge in [-0.25, -0.2) is 0 Å². The van der Waals surface area contributed by atoms with Crippen LogP contribution in [0.2, 0.25) is 0 Å². The molecule has 4 aromatic rings. The van der Waals surface area contributed by atoms with Gasteiger partial charge in [-0.2, -0.15) is 0 Å². The predicted octanol–water partition coefficient (Wildman–Crippen LogP) is 4.47. The third kappa shape index (κ3) is 4.76. The van der Waals surface area contributed by atoms with Crippen LogP contribution in [0.1, 0.15) is 28.4 Å². The van der Waals surface area contributed by atoms with Crippen LogP contribution in [-0.4, -0.2) is 46.4 Å². The van der Waals surface area contributed by atoms with Crippen LogP contribution >= 0.6 is 0 Å². The number of fused-ring (bicyclic) bond motifs is 1. The molecule has 3 aromatic heterocycles. The molecule has 0 bridgehead atoms. The van der Waals surface area contributed by atoms with Crippen molar-refractivity contribution in [1.29, 1.82) is 0 Å². The quantitative estimate of drug-likeness (QED) is 0.482. The Morgan fingerprint density at radius 1 is 0.939 bits per heavy atom. The molecule has 1 amide bonds. The van der Waals surface area contributed by atoms with Crippen molar-refractivity contribution in [3.8, 4) is 0 Å². The molecule has 0 spiro atoms. The number of anilines is 2. The third-order valence-electron chi connectivity index (χ3n) is 6.34. The van der Waals surface area contributed by atoms with E-state index in [1.165, 1.54) is 11.1 Å². The number of carbonyl (C=O) groups excluding carboxylic acids is 1. The third-order valence-corrected chi connectivity index (χ3v) is 6.34. The van der Waals surface area contributed by atoms with Crippen LogP contribution in [0.25, 0.3) is 5.52 Å². The number of carbonyl (C=O) groups is 1. The highest BCUT2D eigenvalue weighted by molar-refractivity contribution is 6.04. The Hall–Kier alpha value is -3.64. The zero-order valence-electron chi connectivity index (χ0n) is 18.9. The first-order chi connectivity index (χ1) is 16.2. The standard InChI is InChI=1S/C27H29N5O/c1-2-21-5-8-24(9-6-21)29-27(33)23-7-10-25-11-12-26(32(25)20-23)31-16-14-30(15-17-31)19-22-4-3-13-28-18-22/h3-13,18,20H,2,14-17,19H2,1H3,(H,29,33). The summed E-state index contributed by atoms with van der Waals surface area (Å²) < 4.78 is 2.13. The first-order valence-electron chi connectivity index (χ1n) is 11.6. The molecule has 6 nitrogen and oxygen atoms in total. The molecule has 1 saturated heterocycles. The van der Waals surface area contributed by atoms with Crippen molar-refractivity contribution in [1.82, 2.24) is 14.3 Å². The van der Waals surface area contributed by atoms with Crippen LogP contribution in [0.4, 0.5) is 11.5 Å². The molecule has 0 atom stereocenters. The molecule has 5 rings (SSSR count). The number of benzene rings is 1. The van der Waals surface area contributed by atoms with Gasteiger partial charge in [-0.15, -0.1) is 0 Å². The number of aromatic nitrogens is 2. The summed E-state index contributed by atoms with van der Waals surface area (Å²) in [5.41, 5.74) is 5.06. The van der Waals surface area contributed by atoms with E-state index in [0.29, 0.717) is 5.56 Å². The fraction of sp³-hybridized carbons (Fsp3) is 0.259. The Morgan fingerprint density at radius 3 is 2.45 bits per heavy atom. The second-order valence-corrected chi connectivity index (χ2v) is 8.53. The SMILES string of the molecule is CCc1ccc(NC(=O)c2ccc3ccc(N4CCN(Cc5cccnc5)CC4)n3c2)cc1. The Bertz CT molecular complexity index is 1220. The van der Waals surface area contributed by atoms with Crippen molar-refractivity contribution in [3.05, 3.63) is 95.9 Å². The second kappa shape index (κ2) is 9.46. The van der Waals surface area contributed by atoms with Crippen LogP contribution < -0.4 is 10.2 Å². The van der Waals surface area contributed by atoms with E-state index in [0.717, 1.165) is 56.2 Å². The van der Waals surface area contributed by atoms with Gasteiger partial charge in [0.2, 0.25) is 0 Å². The molecule has 0 unspecified atom stereocenters. The van der Waals surface area contributed by atoms with Crippen LogP contribution in [0.3, 0.4) is 0 Å². The lowest BCUT2D eigenvalue weighted by Gasteiger charge is -2.35. The second-order valence-electron chi connectivity index (χ2n) is 8.53. The number of amides is 1. The number of rotatable bonds is 6. The minimum atomic E-state index is -0.0953. The highest BCUT2D eigenvalue weighted by Gasteiger charge is 2.20. The lowest BCUT2D eigenvalue weighted by molar-refractivity contribution is 0.102. The molecular weight excluding hydrogens is 410 g/mol. The summed E-state index contributed by atoms with van der Waals surface area (Å²) in [6.07, 6.45) is 6.69. The maximum absolute atomic E-state index is 12.9. The smallest absolute Gasteiger partial charge is 0.257 e. The van der Waals surface area contributed by atoms with Gasteiger partial charge in [0, 0.05) is 62.5 Å². The number of aryl methyl sites for hydroxylation is 1. The molecule has 1 N–H and O–H groups in total. The highest BCUT2D eigenvalue weighted by Crippen LogP contribution is 2.23. The Morgan fingerprint density at radius 2 is 1.73 bits per heavy atom. The van der Waals surface area contributed by atoms with E-state index in [1.54, 1.807) is 0 Å². The minimum Gasteiger partial charge on any atom is -0.355 e. The molecule has 6 heteroatoms. The first kappa shape index (κ1) is 21.2. The van der Waals surface area contributed by atoms with Crippen LogP contribution in [0.5, 0.6) is 0 Å². The van der Waals surface area contributed by atoms with Gasteiger partial charge in [0.15, 0.2) is 0 Å². The van der Waals surface area contributed by atoms with E-state index in [2.05, 4.69) is 61.8 Å². The summed E-state index contributed by atoms with van der Waals surface area (Å²) in [6.45, 7) is 6.95. The summed E-state index contributed by atoms with van der Waals surface area (Å²) in [5, 5.41) is 3.02. The van der Waals surface area contributed by atoms with Crippen molar-refractivity contribution in [2.24, 2.45) is 0 Å². The molecule has 0 radical (unpaired) electrons. The van der Waals surface area contributed by atoms with Gasteiger partial charge in [0.05, 0.1) is 5.56 Å². The Labute approximate surface area is 194 Å². The minimum absolute atomic E-state index is 0.0953. The largest absolute Gasteiger partial charge is 0.355 e. The average molecular weight is 440 g/mol.